The van der Waals surface area contributed by atoms with E-state index >= 15 is 0 Å². The van der Waals surface area contributed by atoms with Gasteiger partial charge in [0, 0.05) is 61.6 Å². The van der Waals surface area contributed by atoms with Crippen LogP contribution in [0.1, 0.15) is 34.5 Å². The Kier molecular flexibility index (Phi) is 12.7. The molecule has 0 fully saturated rings. The van der Waals surface area contributed by atoms with Crippen LogP contribution in [0.4, 0.5) is 20.2 Å². The van der Waals surface area contributed by atoms with Crippen molar-refractivity contribution in [1.82, 2.24) is 49.0 Å². The number of H-pyrrole nitrogens is 4. The zero-order valence-electron chi connectivity index (χ0n) is 36.0. The summed E-state index contributed by atoms with van der Waals surface area (Å²) in [5, 5.41) is 27.1. The molecule has 68 heavy (non-hydrogen) atoms. The van der Waals surface area contributed by atoms with Crippen LogP contribution < -0.4 is 21.8 Å². The SMILES string of the molecule is Cc1cc(-n2ccnc2)cc2[nH]c(-c3c(NCC(O)c4ccc(F)c(Cl)c4)cc[nH]c3=O)nc12.Cc1cc(-n2ccnc2)cc2[nH]c(-c3c(NCC(O)c4ccc(F)c(Cl)c4)cc[nH]c3=O)nc12. The molecule has 16 nitrogen and oxygen atoms in total. The van der Waals surface area contributed by atoms with E-state index in [-0.39, 0.29) is 34.3 Å². The number of halogens is 4. The average molecular weight is 958 g/mol. The van der Waals surface area contributed by atoms with E-state index in [0.29, 0.717) is 45.3 Å². The van der Waals surface area contributed by atoms with Crippen molar-refractivity contribution < 1.29 is 19.0 Å². The van der Waals surface area contributed by atoms with Crippen LogP contribution in [0.2, 0.25) is 10.0 Å². The van der Waals surface area contributed by atoms with Crippen molar-refractivity contribution in [2.24, 2.45) is 0 Å². The van der Waals surface area contributed by atoms with Gasteiger partial charge in [-0.05, 0) is 96.8 Å². The standard InChI is InChI=1S/2C24H20ClFN6O2/c2*1-13-8-15(32-7-6-27-12-32)10-19-22(13)31-23(30-19)21-18(4-5-28-24(21)34)29-11-20(33)14-2-3-17(26)16(25)9-14/h2*2-10,12,20,33H,11H2,1H3,(H,30,31)(H2,28,29,34). The van der Waals surface area contributed by atoms with Crippen molar-refractivity contribution in [2.45, 2.75) is 26.1 Å². The Hall–Kier alpha value is -7.90. The number of aryl methyl sites for hydroxylation is 2. The maximum absolute atomic E-state index is 13.4. The molecule has 10 aromatic rings. The van der Waals surface area contributed by atoms with Gasteiger partial charge in [-0.3, -0.25) is 9.59 Å². The van der Waals surface area contributed by atoms with Gasteiger partial charge in [0.25, 0.3) is 11.1 Å². The molecule has 6 heterocycles. The Morgan fingerprint density at radius 1 is 0.632 bits per heavy atom. The molecule has 0 bridgehead atoms. The number of nitrogens with one attached hydrogen (secondary N) is 6. The number of aromatic amines is 4. The Morgan fingerprint density at radius 2 is 1.06 bits per heavy atom. The summed E-state index contributed by atoms with van der Waals surface area (Å²) in [6.07, 6.45) is 11.6. The van der Waals surface area contributed by atoms with E-state index in [1.54, 1.807) is 37.2 Å². The first-order valence-electron chi connectivity index (χ1n) is 21.0. The molecule has 0 amide bonds. The lowest BCUT2D eigenvalue weighted by molar-refractivity contribution is 0.191. The van der Waals surface area contributed by atoms with Gasteiger partial charge in [0.1, 0.15) is 34.4 Å². The number of hydrogen-bond donors (Lipinski definition) is 8. The number of rotatable bonds is 12. The predicted molar refractivity (Wildman–Crippen MR) is 258 cm³/mol. The fourth-order valence-corrected chi connectivity index (χ4v) is 8.09. The lowest BCUT2D eigenvalue weighted by Crippen LogP contribution is -2.17. The summed E-state index contributed by atoms with van der Waals surface area (Å²) < 4.78 is 30.6. The molecule has 0 radical (unpaired) electrons. The number of anilines is 2. The minimum atomic E-state index is -0.971. The van der Waals surface area contributed by atoms with Crippen LogP contribution in [0.5, 0.6) is 0 Å². The third kappa shape index (κ3) is 9.38. The summed E-state index contributed by atoms with van der Waals surface area (Å²) in [4.78, 5) is 54.9. The van der Waals surface area contributed by atoms with Crippen LogP contribution in [-0.4, -0.2) is 72.3 Å². The summed E-state index contributed by atoms with van der Waals surface area (Å²) >= 11 is 11.7. The van der Waals surface area contributed by atoms with E-state index in [9.17, 15) is 28.6 Å². The van der Waals surface area contributed by atoms with E-state index in [0.717, 1.165) is 44.6 Å². The minimum Gasteiger partial charge on any atom is -0.387 e. The number of imidazole rings is 4. The third-order valence-corrected chi connectivity index (χ3v) is 11.7. The van der Waals surface area contributed by atoms with Gasteiger partial charge in [0.2, 0.25) is 0 Å². The molecule has 10 rings (SSSR count). The molecular formula is C48H40Cl2F2N12O4. The van der Waals surface area contributed by atoms with Crippen LogP contribution in [0.15, 0.2) is 132 Å². The third-order valence-electron chi connectivity index (χ3n) is 11.2. The van der Waals surface area contributed by atoms with Crippen LogP contribution >= 0.6 is 23.2 Å². The zero-order chi connectivity index (χ0) is 47.6. The van der Waals surface area contributed by atoms with Gasteiger partial charge in [-0.25, -0.2) is 28.7 Å². The van der Waals surface area contributed by atoms with Crippen molar-refractivity contribution in [3.63, 3.8) is 0 Å². The van der Waals surface area contributed by atoms with E-state index in [4.69, 9.17) is 23.2 Å². The van der Waals surface area contributed by atoms with E-state index in [1.165, 1.54) is 48.8 Å². The van der Waals surface area contributed by atoms with Gasteiger partial charge in [-0.2, -0.15) is 0 Å². The Labute approximate surface area is 394 Å². The number of pyridine rings is 2. The maximum atomic E-state index is 13.4. The van der Waals surface area contributed by atoms with Crippen molar-refractivity contribution in [1.29, 1.82) is 0 Å². The summed E-state index contributed by atoms with van der Waals surface area (Å²) in [6.45, 7) is 4.04. The van der Waals surface area contributed by atoms with Gasteiger partial charge < -0.3 is 49.9 Å². The molecule has 0 aliphatic heterocycles. The first kappa shape index (κ1) is 45.3. The molecule has 2 atom stereocenters. The highest BCUT2D eigenvalue weighted by Crippen LogP contribution is 2.31. The average Bonchev–Trinajstić information content (AvgIpc) is 4.18. The van der Waals surface area contributed by atoms with Crippen molar-refractivity contribution >= 4 is 56.6 Å². The molecule has 8 N–H and O–H groups in total. The summed E-state index contributed by atoms with van der Waals surface area (Å²) in [5.74, 6) is -0.327. The number of nitrogens with zero attached hydrogens (tertiary/aromatic N) is 6. The molecule has 0 saturated heterocycles. The Morgan fingerprint density at radius 3 is 1.44 bits per heavy atom. The predicted octanol–water partition coefficient (Wildman–Crippen LogP) is 8.70. The zero-order valence-corrected chi connectivity index (χ0v) is 37.5. The van der Waals surface area contributed by atoms with Crippen LogP contribution in [0.25, 0.3) is 56.2 Å². The normalized spacial score (nSPS) is 12.2. The Bertz CT molecular complexity index is 3320. The van der Waals surface area contributed by atoms with Crippen molar-refractivity contribution in [3.05, 3.63) is 187 Å². The second kappa shape index (κ2) is 19.1. The summed E-state index contributed by atoms with van der Waals surface area (Å²) in [5.41, 5.74) is 8.58. The molecule has 0 aliphatic rings. The number of benzene rings is 4. The van der Waals surface area contributed by atoms with Crippen molar-refractivity contribution in [2.75, 3.05) is 23.7 Å². The lowest BCUT2D eigenvalue weighted by atomic mass is 10.1. The monoisotopic (exact) mass is 956 g/mol. The highest BCUT2D eigenvalue weighted by atomic mass is 35.5. The van der Waals surface area contributed by atoms with E-state index < -0.39 is 23.8 Å². The molecule has 0 saturated carbocycles. The molecule has 2 unspecified atom stereocenters. The maximum Gasteiger partial charge on any atom is 0.261 e. The highest BCUT2D eigenvalue weighted by Gasteiger charge is 2.20. The van der Waals surface area contributed by atoms with Gasteiger partial charge in [0.15, 0.2) is 0 Å². The Balaban J connectivity index is 0.000000170. The minimum absolute atomic E-state index is 0.0684. The van der Waals surface area contributed by atoms with Crippen LogP contribution in [0.3, 0.4) is 0 Å². The van der Waals surface area contributed by atoms with Crippen molar-refractivity contribution in [3.8, 4) is 34.2 Å². The molecule has 6 aromatic heterocycles. The van der Waals surface area contributed by atoms with Crippen LogP contribution in [-0.2, 0) is 0 Å². The van der Waals surface area contributed by atoms with Gasteiger partial charge >= 0.3 is 0 Å². The lowest BCUT2D eigenvalue weighted by Gasteiger charge is -2.15. The number of aromatic nitrogens is 10. The molecular weight excluding hydrogens is 918 g/mol. The van der Waals surface area contributed by atoms with E-state index in [2.05, 4.69) is 50.5 Å². The van der Waals surface area contributed by atoms with Gasteiger partial charge in [-0.1, -0.05) is 35.3 Å². The summed E-state index contributed by atoms with van der Waals surface area (Å²) in [6, 6.07) is 19.3. The molecule has 0 aliphatic carbocycles. The molecule has 20 heteroatoms. The largest absolute Gasteiger partial charge is 0.387 e. The first-order valence-corrected chi connectivity index (χ1v) is 21.7. The highest BCUT2D eigenvalue weighted by molar-refractivity contribution is 6.31. The van der Waals surface area contributed by atoms with E-state index in [1.807, 2.05) is 59.6 Å². The molecule has 344 valence electrons. The van der Waals surface area contributed by atoms with Gasteiger partial charge in [0.05, 0.1) is 68.3 Å². The molecule has 4 aromatic carbocycles. The fraction of sp³-hybridized carbons (Fsp3) is 0.125. The quantitative estimate of drug-likeness (QED) is 0.0582. The molecule has 0 spiro atoms. The number of aliphatic hydroxyl groups is 2. The second-order valence-corrected chi connectivity index (χ2v) is 16.6. The smallest absolute Gasteiger partial charge is 0.261 e. The van der Waals surface area contributed by atoms with Crippen LogP contribution in [0, 0.1) is 25.5 Å². The fourth-order valence-electron chi connectivity index (χ4n) is 7.71. The summed E-state index contributed by atoms with van der Waals surface area (Å²) in [7, 11) is 0. The topological polar surface area (TPSA) is 223 Å². The first-order chi connectivity index (χ1) is 32.8. The second-order valence-electron chi connectivity index (χ2n) is 15.8. The number of aliphatic hydroxyl groups excluding tert-OH is 2. The number of hydrogen-bond acceptors (Lipinski definition) is 10. The van der Waals surface area contributed by atoms with Gasteiger partial charge in [-0.15, -0.1) is 0 Å². The number of fused-ring (bicyclic) bond motifs is 2.